The number of esters is 1. The molecule has 0 radical (unpaired) electrons. The van der Waals surface area contributed by atoms with Crippen molar-refractivity contribution >= 4 is 5.97 Å². The second-order valence-corrected chi connectivity index (χ2v) is 11.9. The van der Waals surface area contributed by atoms with E-state index >= 15 is 0 Å². The molecular formula is C30H38N2O2. The Balaban J connectivity index is 1.28. The van der Waals surface area contributed by atoms with Gasteiger partial charge >= 0.3 is 5.97 Å². The third-order valence-electron chi connectivity index (χ3n) is 10.4. The van der Waals surface area contributed by atoms with Gasteiger partial charge in [-0.2, -0.15) is 5.10 Å². The van der Waals surface area contributed by atoms with Gasteiger partial charge in [-0.25, -0.2) is 4.68 Å². The van der Waals surface area contributed by atoms with Crippen LogP contribution in [0.1, 0.15) is 83.7 Å². The third-order valence-corrected chi connectivity index (χ3v) is 10.4. The van der Waals surface area contributed by atoms with E-state index < -0.39 is 0 Å². The lowest BCUT2D eigenvalue weighted by molar-refractivity contribution is -0.148. The van der Waals surface area contributed by atoms with Crippen LogP contribution in [0.15, 0.2) is 54.2 Å². The van der Waals surface area contributed by atoms with Gasteiger partial charge in [-0.1, -0.05) is 43.7 Å². The Hall–Kier alpha value is -2.36. The molecule has 180 valence electrons. The van der Waals surface area contributed by atoms with Gasteiger partial charge in [-0.3, -0.25) is 4.79 Å². The maximum atomic E-state index is 11.5. The van der Waals surface area contributed by atoms with Crippen molar-refractivity contribution in [3.05, 3.63) is 59.9 Å². The Morgan fingerprint density at radius 2 is 1.85 bits per heavy atom. The summed E-state index contributed by atoms with van der Waals surface area (Å²) >= 11 is 0. The van der Waals surface area contributed by atoms with Crippen molar-refractivity contribution in [1.29, 1.82) is 0 Å². The average Bonchev–Trinajstić information content (AvgIpc) is 3.43. The van der Waals surface area contributed by atoms with Gasteiger partial charge in [0.15, 0.2) is 0 Å². The molecule has 1 aromatic carbocycles. The van der Waals surface area contributed by atoms with Gasteiger partial charge in [0.05, 0.1) is 5.69 Å². The first-order chi connectivity index (χ1) is 16.4. The molecule has 0 amide bonds. The van der Waals surface area contributed by atoms with E-state index in [9.17, 15) is 4.79 Å². The molecule has 0 spiro atoms. The summed E-state index contributed by atoms with van der Waals surface area (Å²) in [6.07, 6.45) is 14.2. The first-order valence-corrected chi connectivity index (χ1v) is 13.4. The zero-order chi connectivity index (χ0) is 23.5. The normalized spacial score (nSPS) is 38.9. The molecule has 0 N–H and O–H groups in total. The van der Waals surface area contributed by atoms with Crippen molar-refractivity contribution in [2.24, 2.45) is 28.6 Å². The number of carbonyl (C=O) groups excluding carboxylic acids is 1. The molecule has 2 aromatic rings. The van der Waals surface area contributed by atoms with Crippen molar-refractivity contribution in [3.8, 4) is 5.69 Å². The smallest absolute Gasteiger partial charge is 0.302 e. The standard InChI is InChI=1S/C30H38N2O2/c1-20(33)34-23-13-16-29(2)21(19-23)9-10-24-25-11-12-27(30(25,3)17-14-26(24)29)28-15-18-31-32(28)22-7-5-4-6-8-22/h4-9,15,18,23-27H,10-14,16-17,19H2,1-3H3/t23-,24-,25-,26-,27-,29-,30-/m0/s1. The van der Waals surface area contributed by atoms with Crippen LogP contribution in [0.2, 0.25) is 0 Å². The summed E-state index contributed by atoms with van der Waals surface area (Å²) in [5.41, 5.74) is 4.77. The number of hydrogen-bond acceptors (Lipinski definition) is 3. The number of rotatable bonds is 3. The fourth-order valence-electron chi connectivity index (χ4n) is 8.81. The number of benzene rings is 1. The summed E-state index contributed by atoms with van der Waals surface area (Å²) in [6.45, 7) is 6.66. The predicted molar refractivity (Wildman–Crippen MR) is 134 cm³/mol. The maximum absolute atomic E-state index is 11.5. The van der Waals surface area contributed by atoms with Crippen molar-refractivity contribution in [2.75, 3.05) is 0 Å². The highest BCUT2D eigenvalue weighted by molar-refractivity contribution is 5.66. The number of hydrogen-bond donors (Lipinski definition) is 0. The highest BCUT2D eigenvalue weighted by Crippen LogP contribution is 2.68. The number of allylic oxidation sites excluding steroid dienone is 1. The van der Waals surface area contributed by atoms with E-state index in [-0.39, 0.29) is 17.5 Å². The Bertz CT molecular complexity index is 1100. The van der Waals surface area contributed by atoms with Gasteiger partial charge in [-0.05, 0) is 91.7 Å². The summed E-state index contributed by atoms with van der Waals surface area (Å²) in [5, 5.41) is 4.75. The van der Waals surface area contributed by atoms with Gasteiger partial charge < -0.3 is 4.74 Å². The number of carbonyl (C=O) groups is 1. The molecule has 3 fully saturated rings. The quantitative estimate of drug-likeness (QED) is 0.373. The minimum Gasteiger partial charge on any atom is -0.462 e. The first kappa shape index (κ1) is 22.1. The van der Waals surface area contributed by atoms with E-state index in [1.807, 2.05) is 6.20 Å². The van der Waals surface area contributed by atoms with E-state index in [4.69, 9.17) is 9.84 Å². The number of nitrogens with zero attached hydrogens (tertiary/aromatic N) is 2. The summed E-state index contributed by atoms with van der Waals surface area (Å²) in [6, 6.07) is 12.9. The Morgan fingerprint density at radius 1 is 1.03 bits per heavy atom. The fraction of sp³-hybridized carbons (Fsp3) is 0.600. The molecule has 0 saturated heterocycles. The molecule has 4 heteroatoms. The first-order valence-electron chi connectivity index (χ1n) is 13.4. The van der Waals surface area contributed by atoms with Crippen LogP contribution >= 0.6 is 0 Å². The number of ether oxygens (including phenoxy) is 1. The minimum absolute atomic E-state index is 0.0800. The van der Waals surface area contributed by atoms with Crippen LogP contribution < -0.4 is 0 Å². The van der Waals surface area contributed by atoms with Crippen LogP contribution in [-0.4, -0.2) is 21.9 Å². The van der Waals surface area contributed by atoms with Gasteiger partial charge in [0, 0.05) is 31.2 Å². The topological polar surface area (TPSA) is 44.1 Å². The third kappa shape index (κ3) is 3.31. The van der Waals surface area contributed by atoms with Crippen LogP contribution in [-0.2, 0) is 9.53 Å². The molecule has 1 aromatic heterocycles. The fourth-order valence-corrected chi connectivity index (χ4v) is 8.81. The monoisotopic (exact) mass is 458 g/mol. The Morgan fingerprint density at radius 3 is 2.65 bits per heavy atom. The molecule has 4 aliphatic carbocycles. The van der Waals surface area contributed by atoms with Crippen molar-refractivity contribution in [3.63, 3.8) is 0 Å². The maximum Gasteiger partial charge on any atom is 0.302 e. The lowest BCUT2D eigenvalue weighted by Gasteiger charge is -2.58. The van der Waals surface area contributed by atoms with E-state index in [0.29, 0.717) is 11.3 Å². The van der Waals surface area contributed by atoms with Gasteiger partial charge in [-0.15, -0.1) is 0 Å². The summed E-state index contributed by atoms with van der Waals surface area (Å²) < 4.78 is 7.82. The Kier molecular flexibility index (Phi) is 5.27. The molecule has 4 aliphatic rings. The minimum atomic E-state index is -0.136. The molecule has 34 heavy (non-hydrogen) atoms. The SMILES string of the molecule is CC(=O)O[C@H]1CC[C@@]2(C)C(=CC[C@H]3[C@@H]4CC[C@@H](c5ccnn5-c5ccccc5)[C@@]4(C)CC[C@@H]32)C1. The van der Waals surface area contributed by atoms with Crippen LogP contribution in [0.25, 0.3) is 5.69 Å². The lowest BCUT2D eigenvalue weighted by Crippen LogP contribution is -2.50. The molecule has 3 saturated carbocycles. The van der Waals surface area contributed by atoms with Gasteiger partial charge in [0.1, 0.15) is 6.10 Å². The second kappa shape index (κ2) is 8.10. The molecule has 0 bridgehead atoms. The zero-order valence-corrected chi connectivity index (χ0v) is 20.9. The zero-order valence-electron chi connectivity index (χ0n) is 20.9. The van der Waals surface area contributed by atoms with Crippen LogP contribution in [0, 0.1) is 28.6 Å². The van der Waals surface area contributed by atoms with E-state index in [0.717, 1.165) is 37.0 Å². The molecule has 4 nitrogen and oxygen atoms in total. The van der Waals surface area contributed by atoms with E-state index in [2.05, 4.69) is 61.0 Å². The molecule has 1 heterocycles. The number of fused-ring (bicyclic) bond motifs is 5. The predicted octanol–water partition coefficient (Wildman–Crippen LogP) is 6.85. The molecule has 7 atom stereocenters. The molecule has 0 unspecified atom stereocenters. The number of para-hydroxylation sites is 1. The molecule has 6 rings (SSSR count). The van der Waals surface area contributed by atoms with Crippen LogP contribution in [0.3, 0.4) is 0 Å². The summed E-state index contributed by atoms with van der Waals surface area (Å²) in [5.74, 6) is 2.75. The average molecular weight is 459 g/mol. The second-order valence-electron chi connectivity index (χ2n) is 11.9. The van der Waals surface area contributed by atoms with Crippen LogP contribution in [0.4, 0.5) is 0 Å². The highest BCUT2D eigenvalue weighted by Gasteiger charge is 2.59. The summed E-state index contributed by atoms with van der Waals surface area (Å²) in [4.78, 5) is 11.5. The van der Waals surface area contributed by atoms with Gasteiger partial charge in [0.25, 0.3) is 0 Å². The molecule has 0 aliphatic heterocycles. The van der Waals surface area contributed by atoms with Crippen LogP contribution in [0.5, 0.6) is 0 Å². The van der Waals surface area contributed by atoms with E-state index in [1.165, 1.54) is 43.5 Å². The Labute approximate surface area is 203 Å². The van der Waals surface area contributed by atoms with Crippen molar-refractivity contribution in [2.45, 2.75) is 84.2 Å². The van der Waals surface area contributed by atoms with Crippen molar-refractivity contribution in [1.82, 2.24) is 9.78 Å². The van der Waals surface area contributed by atoms with Gasteiger partial charge in [0.2, 0.25) is 0 Å². The largest absolute Gasteiger partial charge is 0.462 e. The summed E-state index contributed by atoms with van der Waals surface area (Å²) in [7, 11) is 0. The highest BCUT2D eigenvalue weighted by atomic mass is 16.5. The van der Waals surface area contributed by atoms with E-state index in [1.54, 1.807) is 12.5 Å². The lowest BCUT2D eigenvalue weighted by atomic mass is 9.47. The number of aromatic nitrogens is 2. The van der Waals surface area contributed by atoms with Crippen molar-refractivity contribution < 1.29 is 9.53 Å². The molecular weight excluding hydrogens is 420 g/mol.